The third-order valence-corrected chi connectivity index (χ3v) is 5.20. The minimum atomic E-state index is 0.787. The molecule has 1 aliphatic carbocycles. The quantitative estimate of drug-likeness (QED) is 0.681. The number of benzene rings is 2. The number of rotatable bonds is 2. The Labute approximate surface area is 134 Å². The smallest absolute Gasteiger partial charge is 0.124 e. The second-order valence-electron chi connectivity index (χ2n) is 5.85. The van der Waals surface area contributed by atoms with Gasteiger partial charge in [-0.05, 0) is 67.1 Å². The molecule has 0 amide bonds. The summed E-state index contributed by atoms with van der Waals surface area (Å²) >= 11 is 1.69. The summed E-state index contributed by atoms with van der Waals surface area (Å²) in [6.45, 7) is 0. The lowest BCUT2D eigenvalue weighted by atomic mass is 9.90. The van der Waals surface area contributed by atoms with Gasteiger partial charge in [-0.25, -0.2) is 4.98 Å². The van der Waals surface area contributed by atoms with Gasteiger partial charge in [0.2, 0.25) is 0 Å². The summed E-state index contributed by atoms with van der Waals surface area (Å²) in [5.74, 6) is 0. The topological polar surface area (TPSA) is 38.9 Å². The van der Waals surface area contributed by atoms with Crippen molar-refractivity contribution in [3.63, 3.8) is 0 Å². The summed E-state index contributed by atoms with van der Waals surface area (Å²) in [7, 11) is 0. The monoisotopic (exact) mass is 306 g/mol. The summed E-state index contributed by atoms with van der Waals surface area (Å²) in [6, 6.07) is 14.7. The van der Waals surface area contributed by atoms with E-state index in [1.54, 1.807) is 11.3 Å². The molecule has 22 heavy (non-hydrogen) atoms. The number of hydrogen-bond acceptors (Lipinski definition) is 3. The van der Waals surface area contributed by atoms with E-state index < -0.39 is 0 Å². The average Bonchev–Trinajstić information content (AvgIpc) is 3.05. The molecule has 2 nitrogen and oxygen atoms in total. The fraction of sp³-hybridized carbons (Fsp3) is 0.211. The lowest BCUT2D eigenvalue weighted by Gasteiger charge is -2.16. The van der Waals surface area contributed by atoms with Crippen LogP contribution in [-0.2, 0) is 12.8 Å². The Morgan fingerprint density at radius 2 is 1.59 bits per heavy atom. The first-order valence-electron chi connectivity index (χ1n) is 7.73. The van der Waals surface area contributed by atoms with E-state index >= 15 is 0 Å². The van der Waals surface area contributed by atoms with Crippen LogP contribution in [0.15, 0.2) is 47.8 Å². The van der Waals surface area contributed by atoms with E-state index in [9.17, 15) is 0 Å². The van der Waals surface area contributed by atoms with Crippen LogP contribution in [0.2, 0.25) is 0 Å². The van der Waals surface area contributed by atoms with Gasteiger partial charge >= 0.3 is 0 Å². The second kappa shape index (κ2) is 5.58. The molecule has 1 aromatic heterocycles. The van der Waals surface area contributed by atoms with E-state index in [-0.39, 0.29) is 0 Å². The molecule has 110 valence electrons. The highest BCUT2D eigenvalue weighted by molar-refractivity contribution is 7.13. The van der Waals surface area contributed by atoms with Crippen LogP contribution in [0.5, 0.6) is 0 Å². The van der Waals surface area contributed by atoms with Gasteiger partial charge < -0.3 is 5.73 Å². The van der Waals surface area contributed by atoms with Crippen LogP contribution in [0.1, 0.15) is 24.0 Å². The largest absolute Gasteiger partial charge is 0.399 e. The lowest BCUT2D eigenvalue weighted by molar-refractivity contribution is 0.686. The van der Waals surface area contributed by atoms with Crippen LogP contribution in [0.4, 0.5) is 5.69 Å². The zero-order chi connectivity index (χ0) is 14.9. The van der Waals surface area contributed by atoms with E-state index in [1.807, 2.05) is 24.3 Å². The molecule has 1 aliphatic rings. The van der Waals surface area contributed by atoms with E-state index in [2.05, 4.69) is 23.6 Å². The molecule has 0 saturated carbocycles. The van der Waals surface area contributed by atoms with E-state index in [1.165, 1.54) is 42.4 Å². The van der Waals surface area contributed by atoms with Crippen molar-refractivity contribution in [3.05, 3.63) is 59.0 Å². The molecule has 0 aliphatic heterocycles. The van der Waals surface area contributed by atoms with E-state index in [4.69, 9.17) is 10.7 Å². The Morgan fingerprint density at radius 3 is 2.41 bits per heavy atom. The number of fused-ring (bicyclic) bond motifs is 1. The first kappa shape index (κ1) is 13.5. The molecule has 3 heteroatoms. The number of nitrogens with two attached hydrogens (primary N) is 1. The minimum absolute atomic E-state index is 0.787. The minimum Gasteiger partial charge on any atom is -0.399 e. The van der Waals surface area contributed by atoms with Gasteiger partial charge in [-0.2, -0.15) is 0 Å². The summed E-state index contributed by atoms with van der Waals surface area (Å²) in [5, 5.41) is 3.20. The Hall–Kier alpha value is -2.13. The Kier molecular flexibility index (Phi) is 3.43. The van der Waals surface area contributed by atoms with Crippen molar-refractivity contribution in [3.8, 4) is 21.8 Å². The van der Waals surface area contributed by atoms with Crippen molar-refractivity contribution in [1.82, 2.24) is 4.98 Å². The van der Waals surface area contributed by atoms with Gasteiger partial charge in [-0.3, -0.25) is 0 Å². The Morgan fingerprint density at radius 1 is 0.864 bits per heavy atom. The zero-order valence-electron chi connectivity index (χ0n) is 12.4. The van der Waals surface area contributed by atoms with Crippen LogP contribution >= 0.6 is 11.3 Å². The van der Waals surface area contributed by atoms with Crippen molar-refractivity contribution in [2.24, 2.45) is 0 Å². The van der Waals surface area contributed by atoms with Crippen LogP contribution in [0.25, 0.3) is 21.8 Å². The van der Waals surface area contributed by atoms with Gasteiger partial charge in [0.1, 0.15) is 5.01 Å². The molecule has 3 aromatic rings. The van der Waals surface area contributed by atoms with Crippen molar-refractivity contribution < 1.29 is 0 Å². The Bertz CT molecular complexity index is 803. The molecule has 4 rings (SSSR count). The standard InChI is InChI=1S/C19H18N2S/c20-17-9-7-14(8-10-17)19-21-18(12-22-19)16-6-5-13-3-1-2-4-15(13)11-16/h5-12H,1-4,20H2. The first-order valence-corrected chi connectivity index (χ1v) is 8.61. The normalized spacial score (nSPS) is 13.8. The van der Waals surface area contributed by atoms with Crippen LogP contribution in [0.3, 0.4) is 0 Å². The molecular formula is C19H18N2S. The van der Waals surface area contributed by atoms with Crippen LogP contribution in [0, 0.1) is 0 Å². The highest BCUT2D eigenvalue weighted by Gasteiger charge is 2.12. The summed E-state index contributed by atoms with van der Waals surface area (Å²) in [5.41, 5.74) is 13.0. The number of aromatic nitrogens is 1. The molecule has 2 aromatic carbocycles. The first-order chi connectivity index (χ1) is 10.8. The van der Waals surface area contributed by atoms with Crippen molar-refractivity contribution in [2.45, 2.75) is 25.7 Å². The maximum absolute atomic E-state index is 5.75. The third kappa shape index (κ3) is 2.53. The number of thiazole rings is 1. The molecule has 2 N–H and O–H groups in total. The number of nitrogens with zero attached hydrogens (tertiary/aromatic N) is 1. The molecule has 0 unspecified atom stereocenters. The predicted octanol–water partition coefficient (Wildman–Crippen LogP) is 4.94. The van der Waals surface area contributed by atoms with Gasteiger partial charge in [-0.15, -0.1) is 11.3 Å². The average molecular weight is 306 g/mol. The summed E-state index contributed by atoms with van der Waals surface area (Å²) < 4.78 is 0. The molecule has 0 spiro atoms. The zero-order valence-corrected chi connectivity index (χ0v) is 13.2. The van der Waals surface area contributed by atoms with Crippen LogP contribution < -0.4 is 5.73 Å². The van der Waals surface area contributed by atoms with Gasteiger partial charge in [0, 0.05) is 22.2 Å². The molecule has 0 fully saturated rings. The van der Waals surface area contributed by atoms with Crippen LogP contribution in [-0.4, -0.2) is 4.98 Å². The Balaban J connectivity index is 1.68. The number of nitrogen functional groups attached to an aromatic ring is 1. The fourth-order valence-electron chi connectivity index (χ4n) is 3.06. The van der Waals surface area contributed by atoms with Gasteiger partial charge in [0.15, 0.2) is 0 Å². The van der Waals surface area contributed by atoms with Crippen molar-refractivity contribution in [1.29, 1.82) is 0 Å². The highest BCUT2D eigenvalue weighted by atomic mass is 32.1. The predicted molar refractivity (Wildman–Crippen MR) is 94.0 cm³/mol. The third-order valence-electron chi connectivity index (χ3n) is 4.31. The lowest BCUT2D eigenvalue weighted by Crippen LogP contribution is -2.02. The van der Waals surface area contributed by atoms with Gasteiger partial charge in [0.05, 0.1) is 5.69 Å². The van der Waals surface area contributed by atoms with Crippen molar-refractivity contribution >= 4 is 17.0 Å². The molecule has 0 radical (unpaired) electrons. The summed E-state index contributed by atoms with van der Waals surface area (Å²) in [4.78, 5) is 4.81. The number of hydrogen-bond donors (Lipinski definition) is 1. The maximum atomic E-state index is 5.75. The fourth-order valence-corrected chi connectivity index (χ4v) is 3.89. The SMILES string of the molecule is Nc1ccc(-c2nc(-c3ccc4c(c3)CCCC4)cs2)cc1. The summed E-state index contributed by atoms with van der Waals surface area (Å²) in [6.07, 6.45) is 5.07. The van der Waals surface area contributed by atoms with E-state index in [0.717, 1.165) is 22.0 Å². The van der Waals surface area contributed by atoms with Gasteiger partial charge in [0.25, 0.3) is 0 Å². The number of anilines is 1. The van der Waals surface area contributed by atoms with Crippen molar-refractivity contribution in [2.75, 3.05) is 5.73 Å². The molecule has 0 bridgehead atoms. The maximum Gasteiger partial charge on any atom is 0.124 e. The second-order valence-corrected chi connectivity index (χ2v) is 6.71. The number of aryl methyl sites for hydroxylation is 2. The molecular weight excluding hydrogens is 288 g/mol. The highest BCUT2D eigenvalue weighted by Crippen LogP contribution is 2.31. The molecule has 0 saturated heterocycles. The molecule has 1 heterocycles. The molecule has 0 atom stereocenters. The van der Waals surface area contributed by atoms with Gasteiger partial charge in [-0.1, -0.05) is 12.1 Å². The van der Waals surface area contributed by atoms with E-state index in [0.29, 0.717) is 0 Å².